The minimum Gasteiger partial charge on any atom is -0.504 e. The van der Waals surface area contributed by atoms with Gasteiger partial charge in [-0.05, 0) is 53.8 Å². The fourth-order valence-corrected chi connectivity index (χ4v) is 3.62. The molecular formula is C23H26O8. The van der Waals surface area contributed by atoms with Crippen LogP contribution < -0.4 is 18.9 Å². The molecule has 0 aliphatic heterocycles. The number of carbonyl (C=O) groups is 1. The minimum absolute atomic E-state index is 0.0688. The lowest BCUT2D eigenvalue weighted by Crippen LogP contribution is -2.29. The van der Waals surface area contributed by atoms with Crippen molar-refractivity contribution in [1.29, 1.82) is 0 Å². The summed E-state index contributed by atoms with van der Waals surface area (Å²) < 4.78 is 22.2. The van der Waals surface area contributed by atoms with Crippen molar-refractivity contribution < 1.29 is 39.1 Å². The molecule has 3 rings (SSSR count). The van der Waals surface area contributed by atoms with Crippen molar-refractivity contribution in [3.63, 3.8) is 0 Å². The lowest BCUT2D eigenvalue weighted by molar-refractivity contribution is -0.105. The van der Waals surface area contributed by atoms with Gasteiger partial charge in [0.25, 0.3) is 0 Å². The standard InChI is InChI=1S/C23H26O8/c1-28-18-9-14(5-7-17(18)26)21(27)20(12-25)31-23-19(29-2)10-15-8-13(11-24)4-6-16(15)22(23)30-3/h5,7-11,20-21,25-27H,4,6,12H2,1-3H3/t20-,21+/m1/s1. The summed E-state index contributed by atoms with van der Waals surface area (Å²) in [5.74, 6) is 1.13. The van der Waals surface area contributed by atoms with E-state index in [1.807, 2.05) is 0 Å². The Bertz CT molecular complexity index is 982. The molecule has 0 fully saturated rings. The van der Waals surface area contributed by atoms with Gasteiger partial charge in [0.15, 0.2) is 29.1 Å². The van der Waals surface area contributed by atoms with Crippen molar-refractivity contribution in [2.45, 2.75) is 25.0 Å². The third-order valence-corrected chi connectivity index (χ3v) is 5.27. The molecule has 0 saturated carbocycles. The zero-order chi connectivity index (χ0) is 22.5. The third-order valence-electron chi connectivity index (χ3n) is 5.27. The second kappa shape index (κ2) is 9.72. The number of methoxy groups -OCH3 is 3. The minimum atomic E-state index is -1.23. The fourth-order valence-electron chi connectivity index (χ4n) is 3.62. The topological polar surface area (TPSA) is 115 Å². The SMILES string of the molecule is COc1cc([C@H](O)[C@@H](CO)Oc2c(OC)cc3c(c2OC)CCC(C=O)=C3)ccc1O. The highest BCUT2D eigenvalue weighted by molar-refractivity contribution is 5.85. The highest BCUT2D eigenvalue weighted by Gasteiger charge is 2.29. The second-order valence-corrected chi connectivity index (χ2v) is 7.06. The Balaban J connectivity index is 2.00. The number of hydrogen-bond acceptors (Lipinski definition) is 8. The Morgan fingerprint density at radius 1 is 1.03 bits per heavy atom. The number of aliphatic hydroxyl groups is 2. The van der Waals surface area contributed by atoms with Crippen molar-refractivity contribution in [2.75, 3.05) is 27.9 Å². The van der Waals surface area contributed by atoms with E-state index in [-0.39, 0.29) is 17.2 Å². The Hall–Kier alpha value is -3.23. The fraction of sp³-hybridized carbons (Fsp3) is 0.348. The van der Waals surface area contributed by atoms with E-state index in [2.05, 4.69) is 0 Å². The summed E-state index contributed by atoms with van der Waals surface area (Å²) in [4.78, 5) is 11.2. The molecule has 0 spiro atoms. The number of ether oxygens (including phenoxy) is 4. The molecule has 0 aromatic heterocycles. The summed E-state index contributed by atoms with van der Waals surface area (Å²) in [6, 6.07) is 6.11. The quantitative estimate of drug-likeness (QED) is 0.520. The van der Waals surface area contributed by atoms with Gasteiger partial charge >= 0.3 is 0 Å². The number of phenols is 1. The van der Waals surface area contributed by atoms with Crippen LogP contribution in [0.15, 0.2) is 29.8 Å². The van der Waals surface area contributed by atoms with Crippen molar-refractivity contribution in [3.05, 3.63) is 46.5 Å². The summed E-state index contributed by atoms with van der Waals surface area (Å²) in [6.45, 7) is -0.497. The number of allylic oxidation sites excluding steroid dienone is 1. The average molecular weight is 430 g/mol. The number of carbonyl (C=O) groups excluding carboxylic acids is 1. The second-order valence-electron chi connectivity index (χ2n) is 7.06. The Morgan fingerprint density at radius 2 is 1.77 bits per heavy atom. The first-order chi connectivity index (χ1) is 15.0. The molecule has 2 atom stereocenters. The lowest BCUT2D eigenvalue weighted by Gasteiger charge is -2.27. The van der Waals surface area contributed by atoms with E-state index in [0.717, 1.165) is 17.4 Å². The summed E-state index contributed by atoms with van der Waals surface area (Å²) in [5.41, 5.74) is 2.71. The predicted molar refractivity (Wildman–Crippen MR) is 113 cm³/mol. The highest BCUT2D eigenvalue weighted by Crippen LogP contribution is 2.46. The van der Waals surface area contributed by atoms with E-state index in [4.69, 9.17) is 18.9 Å². The molecule has 2 aromatic rings. The van der Waals surface area contributed by atoms with Crippen LogP contribution >= 0.6 is 0 Å². The number of fused-ring (bicyclic) bond motifs is 1. The maximum atomic E-state index is 11.2. The molecule has 8 nitrogen and oxygen atoms in total. The summed E-state index contributed by atoms with van der Waals surface area (Å²) in [7, 11) is 4.37. The van der Waals surface area contributed by atoms with Gasteiger partial charge in [0.1, 0.15) is 12.4 Å². The summed E-state index contributed by atoms with van der Waals surface area (Å²) >= 11 is 0. The van der Waals surface area contributed by atoms with Gasteiger partial charge < -0.3 is 34.3 Å². The van der Waals surface area contributed by atoms with Crippen LogP contribution in [0.5, 0.6) is 28.7 Å². The van der Waals surface area contributed by atoms with Crippen LogP contribution in [0.2, 0.25) is 0 Å². The molecule has 166 valence electrons. The number of aliphatic hydroxyl groups excluding tert-OH is 2. The number of benzene rings is 2. The third kappa shape index (κ3) is 4.45. The zero-order valence-corrected chi connectivity index (χ0v) is 17.6. The van der Waals surface area contributed by atoms with Gasteiger partial charge in [-0.25, -0.2) is 0 Å². The van der Waals surface area contributed by atoms with E-state index in [9.17, 15) is 20.1 Å². The Kier molecular flexibility index (Phi) is 7.04. The van der Waals surface area contributed by atoms with Gasteiger partial charge in [-0.15, -0.1) is 0 Å². The molecular weight excluding hydrogens is 404 g/mol. The summed E-state index contributed by atoms with van der Waals surface area (Å²) in [6.07, 6.45) is 1.47. The normalized spacial score (nSPS) is 14.7. The molecule has 1 aliphatic carbocycles. The number of phenolic OH excluding ortho intramolecular Hbond substituents is 1. The Morgan fingerprint density at radius 3 is 2.39 bits per heavy atom. The Labute approximate surface area is 180 Å². The molecule has 1 aliphatic rings. The van der Waals surface area contributed by atoms with Gasteiger partial charge in [0, 0.05) is 5.56 Å². The molecule has 0 radical (unpaired) electrons. The predicted octanol–water partition coefficient (Wildman–Crippen LogP) is 2.42. The molecule has 2 aromatic carbocycles. The van der Waals surface area contributed by atoms with Crippen LogP contribution in [0.1, 0.15) is 29.2 Å². The van der Waals surface area contributed by atoms with E-state index in [1.165, 1.54) is 39.5 Å². The van der Waals surface area contributed by atoms with Gasteiger partial charge in [-0.2, -0.15) is 0 Å². The average Bonchev–Trinajstić information content (AvgIpc) is 2.81. The smallest absolute Gasteiger partial charge is 0.204 e. The van der Waals surface area contributed by atoms with Crippen LogP contribution in [-0.2, 0) is 11.2 Å². The molecule has 8 heteroatoms. The largest absolute Gasteiger partial charge is 0.504 e. The van der Waals surface area contributed by atoms with Crippen LogP contribution in [0.4, 0.5) is 0 Å². The molecule has 0 heterocycles. The molecule has 0 saturated heterocycles. The van der Waals surface area contributed by atoms with Crippen LogP contribution in [-0.4, -0.2) is 55.6 Å². The van der Waals surface area contributed by atoms with Gasteiger partial charge in [0.05, 0.1) is 27.9 Å². The number of aldehydes is 1. The first-order valence-corrected chi connectivity index (χ1v) is 9.73. The molecule has 3 N–H and O–H groups in total. The molecule has 0 amide bonds. The number of aromatic hydroxyl groups is 1. The maximum absolute atomic E-state index is 11.2. The monoisotopic (exact) mass is 430 g/mol. The van der Waals surface area contributed by atoms with Crippen LogP contribution in [0.3, 0.4) is 0 Å². The lowest BCUT2D eigenvalue weighted by atomic mass is 9.91. The summed E-state index contributed by atoms with van der Waals surface area (Å²) in [5, 5.41) is 30.6. The maximum Gasteiger partial charge on any atom is 0.204 e. The van der Waals surface area contributed by atoms with E-state index < -0.39 is 18.8 Å². The first-order valence-electron chi connectivity index (χ1n) is 9.73. The first kappa shape index (κ1) is 22.5. The van der Waals surface area contributed by atoms with E-state index in [0.29, 0.717) is 35.5 Å². The van der Waals surface area contributed by atoms with Gasteiger partial charge in [-0.3, -0.25) is 4.79 Å². The number of hydrogen-bond donors (Lipinski definition) is 3. The molecule has 31 heavy (non-hydrogen) atoms. The van der Waals surface area contributed by atoms with Gasteiger partial charge in [-0.1, -0.05) is 6.07 Å². The van der Waals surface area contributed by atoms with Crippen LogP contribution in [0.25, 0.3) is 6.08 Å². The van der Waals surface area contributed by atoms with Crippen LogP contribution in [0, 0.1) is 0 Å². The van der Waals surface area contributed by atoms with Crippen molar-refractivity contribution in [2.24, 2.45) is 0 Å². The van der Waals surface area contributed by atoms with E-state index in [1.54, 1.807) is 12.1 Å². The molecule has 0 bridgehead atoms. The van der Waals surface area contributed by atoms with Gasteiger partial charge in [0.2, 0.25) is 5.75 Å². The van der Waals surface area contributed by atoms with Crippen molar-refractivity contribution >= 4 is 12.4 Å². The number of rotatable bonds is 9. The highest BCUT2D eigenvalue weighted by atomic mass is 16.6. The van der Waals surface area contributed by atoms with E-state index >= 15 is 0 Å². The van der Waals surface area contributed by atoms with Crippen molar-refractivity contribution in [1.82, 2.24) is 0 Å². The van der Waals surface area contributed by atoms with Crippen molar-refractivity contribution in [3.8, 4) is 28.7 Å². The molecule has 0 unspecified atom stereocenters. The zero-order valence-electron chi connectivity index (χ0n) is 17.6.